The highest BCUT2D eigenvalue weighted by atomic mass is 35.5. The first-order valence-electron chi connectivity index (χ1n) is 7.57. The summed E-state index contributed by atoms with van der Waals surface area (Å²) in [6.07, 6.45) is 0. The third kappa shape index (κ3) is 3.78. The van der Waals surface area contributed by atoms with Crippen molar-refractivity contribution in [3.8, 4) is 11.3 Å². The Balaban J connectivity index is 2.02. The number of hydrogen-bond acceptors (Lipinski definition) is 4. The summed E-state index contributed by atoms with van der Waals surface area (Å²) >= 11 is 12.5. The van der Waals surface area contributed by atoms with Crippen LogP contribution in [0.5, 0.6) is 0 Å². The molecule has 0 bridgehead atoms. The summed E-state index contributed by atoms with van der Waals surface area (Å²) < 4.78 is 0. The van der Waals surface area contributed by atoms with Gasteiger partial charge in [-0.15, -0.1) is 0 Å². The van der Waals surface area contributed by atoms with Gasteiger partial charge < -0.3 is 10.6 Å². The summed E-state index contributed by atoms with van der Waals surface area (Å²) in [5.74, 6) is 1.17. The summed E-state index contributed by atoms with van der Waals surface area (Å²) in [4.78, 5) is 9.03. The molecule has 1 aromatic heterocycles. The van der Waals surface area contributed by atoms with Gasteiger partial charge in [0.05, 0.1) is 21.4 Å². The van der Waals surface area contributed by atoms with E-state index in [9.17, 15) is 0 Å². The van der Waals surface area contributed by atoms with Gasteiger partial charge in [0.15, 0.2) is 0 Å². The minimum atomic E-state index is 0.535. The number of benzene rings is 2. The van der Waals surface area contributed by atoms with Crippen LogP contribution in [0.4, 0.5) is 17.5 Å². The van der Waals surface area contributed by atoms with E-state index in [2.05, 4.69) is 20.6 Å². The molecule has 0 fully saturated rings. The number of rotatable bonds is 5. The zero-order valence-corrected chi connectivity index (χ0v) is 14.6. The molecule has 0 atom stereocenters. The van der Waals surface area contributed by atoms with Crippen LogP contribution < -0.4 is 10.6 Å². The fourth-order valence-electron chi connectivity index (χ4n) is 2.25. The number of para-hydroxylation sites is 1. The SMILES string of the molecule is CCNc1nc(Nc2c(Cl)cccc2Cl)cc(-c2ccccc2)n1. The van der Waals surface area contributed by atoms with E-state index >= 15 is 0 Å². The van der Waals surface area contributed by atoms with Gasteiger partial charge in [0.2, 0.25) is 5.95 Å². The molecule has 2 aromatic carbocycles. The van der Waals surface area contributed by atoms with Crippen molar-refractivity contribution in [1.29, 1.82) is 0 Å². The van der Waals surface area contributed by atoms with Crippen LogP contribution in [-0.4, -0.2) is 16.5 Å². The molecule has 24 heavy (non-hydrogen) atoms. The summed E-state index contributed by atoms with van der Waals surface area (Å²) in [7, 11) is 0. The highest BCUT2D eigenvalue weighted by molar-refractivity contribution is 6.39. The molecular weight excluding hydrogens is 343 g/mol. The quantitative estimate of drug-likeness (QED) is 0.620. The van der Waals surface area contributed by atoms with Gasteiger partial charge in [-0.25, -0.2) is 4.98 Å². The van der Waals surface area contributed by atoms with Crippen LogP contribution in [0.3, 0.4) is 0 Å². The van der Waals surface area contributed by atoms with Gasteiger partial charge in [-0.1, -0.05) is 59.6 Å². The lowest BCUT2D eigenvalue weighted by Gasteiger charge is -2.12. The minimum Gasteiger partial charge on any atom is -0.354 e. The number of nitrogens with one attached hydrogen (secondary N) is 2. The van der Waals surface area contributed by atoms with Crippen molar-refractivity contribution in [2.45, 2.75) is 6.92 Å². The summed E-state index contributed by atoms with van der Waals surface area (Å²) in [5.41, 5.74) is 2.44. The van der Waals surface area contributed by atoms with E-state index < -0.39 is 0 Å². The first-order chi connectivity index (χ1) is 11.7. The lowest BCUT2D eigenvalue weighted by atomic mass is 10.1. The normalized spacial score (nSPS) is 10.5. The second-order valence-electron chi connectivity index (χ2n) is 5.08. The Kier molecular flexibility index (Phi) is 5.18. The van der Waals surface area contributed by atoms with E-state index in [-0.39, 0.29) is 0 Å². The standard InChI is InChI=1S/C18H16Cl2N4/c1-2-21-18-22-15(12-7-4-3-5-8-12)11-16(24-18)23-17-13(19)9-6-10-14(17)20/h3-11H,2H2,1H3,(H2,21,22,23,24). The maximum Gasteiger partial charge on any atom is 0.225 e. The highest BCUT2D eigenvalue weighted by Gasteiger charge is 2.10. The second kappa shape index (κ2) is 7.51. The average molecular weight is 359 g/mol. The summed E-state index contributed by atoms with van der Waals surface area (Å²) in [5, 5.41) is 7.41. The van der Waals surface area contributed by atoms with Gasteiger partial charge in [-0.2, -0.15) is 4.98 Å². The highest BCUT2D eigenvalue weighted by Crippen LogP contribution is 2.33. The second-order valence-corrected chi connectivity index (χ2v) is 5.89. The molecule has 122 valence electrons. The fraction of sp³-hybridized carbons (Fsp3) is 0.111. The first kappa shape index (κ1) is 16.6. The van der Waals surface area contributed by atoms with Gasteiger partial charge in [-0.05, 0) is 19.1 Å². The first-order valence-corrected chi connectivity index (χ1v) is 8.32. The van der Waals surface area contributed by atoms with Gasteiger partial charge >= 0.3 is 0 Å². The molecule has 0 unspecified atom stereocenters. The van der Waals surface area contributed by atoms with Crippen molar-refractivity contribution >= 4 is 40.7 Å². The topological polar surface area (TPSA) is 49.8 Å². The largest absolute Gasteiger partial charge is 0.354 e. The zero-order chi connectivity index (χ0) is 16.9. The van der Waals surface area contributed by atoms with Crippen molar-refractivity contribution in [2.75, 3.05) is 17.2 Å². The van der Waals surface area contributed by atoms with Gasteiger partial charge in [-0.3, -0.25) is 0 Å². The lowest BCUT2D eigenvalue weighted by Crippen LogP contribution is -2.05. The molecule has 3 aromatic rings. The third-order valence-electron chi connectivity index (χ3n) is 3.35. The van der Waals surface area contributed by atoms with Gasteiger partial charge in [0.25, 0.3) is 0 Å². The minimum absolute atomic E-state index is 0.535. The molecule has 2 N–H and O–H groups in total. The number of aromatic nitrogens is 2. The van der Waals surface area contributed by atoms with Crippen molar-refractivity contribution in [3.05, 3.63) is 64.6 Å². The Morgan fingerprint density at radius 2 is 1.62 bits per heavy atom. The smallest absolute Gasteiger partial charge is 0.225 e. The molecule has 6 heteroatoms. The molecule has 0 spiro atoms. The molecule has 3 rings (SSSR count). The van der Waals surface area contributed by atoms with Gasteiger partial charge in [0, 0.05) is 18.2 Å². The lowest BCUT2D eigenvalue weighted by molar-refractivity contribution is 1.09. The molecule has 1 heterocycles. The molecule has 0 aliphatic rings. The number of halogens is 2. The maximum absolute atomic E-state index is 6.23. The molecule has 0 aliphatic heterocycles. The summed E-state index contributed by atoms with van der Waals surface area (Å²) in [6, 6.07) is 17.2. The Labute approximate surface area is 150 Å². The van der Waals surface area contributed by atoms with E-state index in [0.717, 1.165) is 17.8 Å². The molecule has 0 aliphatic carbocycles. The van der Waals surface area contributed by atoms with Crippen molar-refractivity contribution in [1.82, 2.24) is 9.97 Å². The molecule has 0 radical (unpaired) electrons. The monoisotopic (exact) mass is 358 g/mol. The predicted octanol–water partition coefficient (Wildman–Crippen LogP) is 5.63. The molecule has 0 amide bonds. The number of nitrogens with zero attached hydrogens (tertiary/aromatic N) is 2. The van der Waals surface area contributed by atoms with Crippen molar-refractivity contribution in [3.63, 3.8) is 0 Å². The molecule has 4 nitrogen and oxygen atoms in total. The molecular formula is C18H16Cl2N4. The molecule has 0 saturated carbocycles. The zero-order valence-electron chi connectivity index (χ0n) is 13.1. The number of anilines is 3. The fourth-order valence-corrected chi connectivity index (χ4v) is 2.74. The van der Waals surface area contributed by atoms with Crippen LogP contribution in [0.1, 0.15) is 6.92 Å². The third-order valence-corrected chi connectivity index (χ3v) is 3.98. The van der Waals surface area contributed by atoms with Crippen LogP contribution in [0.2, 0.25) is 10.0 Å². The Morgan fingerprint density at radius 3 is 2.29 bits per heavy atom. The van der Waals surface area contributed by atoms with E-state index in [0.29, 0.717) is 27.5 Å². The number of hydrogen-bond donors (Lipinski definition) is 2. The average Bonchev–Trinajstić information content (AvgIpc) is 2.59. The van der Waals surface area contributed by atoms with Crippen LogP contribution in [0.25, 0.3) is 11.3 Å². The van der Waals surface area contributed by atoms with Gasteiger partial charge in [0.1, 0.15) is 5.82 Å². The Bertz CT molecular complexity index is 817. The Hall–Kier alpha value is -2.30. The van der Waals surface area contributed by atoms with Crippen LogP contribution in [-0.2, 0) is 0 Å². The van der Waals surface area contributed by atoms with E-state index in [1.807, 2.05) is 43.3 Å². The summed E-state index contributed by atoms with van der Waals surface area (Å²) in [6.45, 7) is 2.72. The van der Waals surface area contributed by atoms with Crippen LogP contribution >= 0.6 is 23.2 Å². The Morgan fingerprint density at radius 1 is 0.917 bits per heavy atom. The van der Waals surface area contributed by atoms with E-state index in [4.69, 9.17) is 23.2 Å². The maximum atomic E-state index is 6.23. The van der Waals surface area contributed by atoms with Crippen LogP contribution in [0, 0.1) is 0 Å². The van der Waals surface area contributed by atoms with E-state index in [1.165, 1.54) is 0 Å². The van der Waals surface area contributed by atoms with Crippen LogP contribution in [0.15, 0.2) is 54.6 Å². The predicted molar refractivity (Wildman–Crippen MR) is 101 cm³/mol. The van der Waals surface area contributed by atoms with Crippen molar-refractivity contribution in [2.24, 2.45) is 0 Å². The van der Waals surface area contributed by atoms with Crippen molar-refractivity contribution < 1.29 is 0 Å². The van der Waals surface area contributed by atoms with E-state index in [1.54, 1.807) is 18.2 Å². The molecule has 0 saturated heterocycles.